The number of nitrogens with one attached hydrogen (secondary N) is 2. The molecule has 0 bridgehead atoms. The fourth-order valence-electron chi connectivity index (χ4n) is 2.40. The third kappa shape index (κ3) is 4.56. The highest BCUT2D eigenvalue weighted by Gasteiger charge is 2.12. The van der Waals surface area contributed by atoms with Gasteiger partial charge in [0.1, 0.15) is 6.54 Å². The largest absolute Gasteiger partial charge is 0.354 e. The van der Waals surface area contributed by atoms with Crippen LogP contribution in [0.4, 0.5) is 0 Å². The minimum absolute atomic E-state index is 0.103. The number of hydrogen-bond acceptors (Lipinski definition) is 4. The van der Waals surface area contributed by atoms with Crippen LogP contribution in [0.2, 0.25) is 4.34 Å². The van der Waals surface area contributed by atoms with E-state index >= 15 is 0 Å². The molecule has 0 aliphatic rings. The molecule has 0 fully saturated rings. The van der Waals surface area contributed by atoms with Crippen LogP contribution in [0, 0.1) is 11.7 Å². The fourth-order valence-corrected chi connectivity index (χ4v) is 3.68. The van der Waals surface area contributed by atoms with Crippen LogP contribution < -0.4 is 5.32 Å². The lowest BCUT2D eigenvalue weighted by molar-refractivity contribution is -0.121. The molecule has 5 nitrogen and oxygen atoms in total. The van der Waals surface area contributed by atoms with E-state index in [1.54, 1.807) is 4.57 Å². The van der Waals surface area contributed by atoms with Crippen LogP contribution in [0.1, 0.15) is 10.4 Å². The standard InChI is InChI=1S/C17H17ClN4OS2/c1-11-2-4-12(5-3-11)16-20-21-17(24)22(16)10-15(23)19-9-8-13-6-7-14(18)25-13/h2-7H,8-10H2,1H3,(H,19,23)(H,21,24). The Hall–Kier alpha value is -1.96. The second kappa shape index (κ2) is 7.95. The van der Waals surface area contributed by atoms with Crippen molar-refractivity contribution in [3.63, 3.8) is 0 Å². The van der Waals surface area contributed by atoms with E-state index < -0.39 is 0 Å². The summed E-state index contributed by atoms with van der Waals surface area (Å²) in [7, 11) is 0. The zero-order valence-corrected chi connectivity index (χ0v) is 16.0. The van der Waals surface area contributed by atoms with Gasteiger partial charge < -0.3 is 5.32 Å². The number of carbonyl (C=O) groups excluding carboxylic acids is 1. The smallest absolute Gasteiger partial charge is 0.240 e. The Kier molecular flexibility index (Phi) is 5.67. The molecule has 0 radical (unpaired) electrons. The van der Waals surface area contributed by atoms with Crippen LogP contribution in [0.3, 0.4) is 0 Å². The van der Waals surface area contributed by atoms with Crippen molar-refractivity contribution in [3.05, 3.63) is 55.9 Å². The molecule has 0 saturated carbocycles. The van der Waals surface area contributed by atoms with Gasteiger partial charge in [0.05, 0.1) is 4.34 Å². The summed E-state index contributed by atoms with van der Waals surface area (Å²) in [5.41, 5.74) is 2.08. The Morgan fingerprint density at radius 3 is 2.76 bits per heavy atom. The van der Waals surface area contributed by atoms with Crippen molar-refractivity contribution in [1.29, 1.82) is 0 Å². The minimum atomic E-state index is -0.103. The van der Waals surface area contributed by atoms with E-state index in [4.69, 9.17) is 23.8 Å². The molecule has 130 valence electrons. The van der Waals surface area contributed by atoms with Gasteiger partial charge in [0.15, 0.2) is 10.6 Å². The maximum absolute atomic E-state index is 12.3. The normalized spacial score (nSPS) is 10.8. The van der Waals surface area contributed by atoms with Gasteiger partial charge in [-0.3, -0.25) is 14.5 Å². The number of aromatic nitrogens is 3. The topological polar surface area (TPSA) is 62.7 Å². The number of carbonyl (C=O) groups is 1. The quantitative estimate of drug-likeness (QED) is 0.623. The van der Waals surface area contributed by atoms with Crippen molar-refractivity contribution in [3.8, 4) is 11.4 Å². The van der Waals surface area contributed by atoms with Gasteiger partial charge in [-0.05, 0) is 37.7 Å². The molecule has 25 heavy (non-hydrogen) atoms. The number of H-pyrrole nitrogens is 1. The molecular formula is C17H17ClN4OS2. The number of nitrogens with zero attached hydrogens (tertiary/aromatic N) is 2. The summed E-state index contributed by atoms with van der Waals surface area (Å²) < 4.78 is 2.89. The van der Waals surface area contributed by atoms with Crippen molar-refractivity contribution >= 4 is 41.1 Å². The van der Waals surface area contributed by atoms with Crippen LogP contribution in [0.25, 0.3) is 11.4 Å². The van der Waals surface area contributed by atoms with Crippen LogP contribution >= 0.6 is 35.2 Å². The van der Waals surface area contributed by atoms with E-state index in [0.29, 0.717) is 17.1 Å². The summed E-state index contributed by atoms with van der Waals surface area (Å²) in [5.74, 6) is 0.554. The first-order chi connectivity index (χ1) is 12.0. The molecule has 3 rings (SSSR count). The van der Waals surface area contributed by atoms with Gasteiger partial charge in [0, 0.05) is 17.0 Å². The summed E-state index contributed by atoms with van der Waals surface area (Å²) in [6, 6.07) is 11.8. The zero-order chi connectivity index (χ0) is 17.8. The first-order valence-electron chi connectivity index (χ1n) is 7.76. The van der Waals surface area contributed by atoms with Gasteiger partial charge in [-0.25, -0.2) is 0 Å². The van der Waals surface area contributed by atoms with Crippen LogP contribution in [-0.4, -0.2) is 27.2 Å². The van der Waals surface area contributed by atoms with Crippen molar-refractivity contribution in [2.24, 2.45) is 0 Å². The number of hydrogen-bond donors (Lipinski definition) is 2. The molecule has 2 aromatic heterocycles. The summed E-state index contributed by atoms with van der Waals surface area (Å²) in [5, 5.41) is 9.92. The molecule has 2 heterocycles. The van der Waals surface area contributed by atoms with Gasteiger partial charge in [0.25, 0.3) is 0 Å². The van der Waals surface area contributed by atoms with Crippen molar-refractivity contribution in [2.75, 3.05) is 6.54 Å². The molecule has 3 aromatic rings. The molecule has 0 aliphatic heterocycles. The summed E-state index contributed by atoms with van der Waals surface area (Å²) in [4.78, 5) is 13.4. The summed E-state index contributed by atoms with van der Waals surface area (Å²) in [6.45, 7) is 2.71. The lowest BCUT2D eigenvalue weighted by atomic mass is 10.1. The Bertz CT molecular complexity index is 927. The highest BCUT2D eigenvalue weighted by molar-refractivity contribution is 7.71. The summed E-state index contributed by atoms with van der Waals surface area (Å²) >= 11 is 12.7. The van der Waals surface area contributed by atoms with Gasteiger partial charge in [-0.1, -0.05) is 41.4 Å². The van der Waals surface area contributed by atoms with Crippen LogP contribution in [0.15, 0.2) is 36.4 Å². The van der Waals surface area contributed by atoms with Crippen molar-refractivity contribution in [2.45, 2.75) is 19.9 Å². The molecule has 1 aromatic carbocycles. The third-order valence-electron chi connectivity index (χ3n) is 3.69. The van der Waals surface area contributed by atoms with E-state index in [2.05, 4.69) is 15.5 Å². The van der Waals surface area contributed by atoms with Gasteiger partial charge in [0.2, 0.25) is 5.91 Å². The number of rotatable bonds is 6. The van der Waals surface area contributed by atoms with E-state index in [9.17, 15) is 4.79 Å². The zero-order valence-electron chi connectivity index (χ0n) is 13.6. The number of aryl methyl sites for hydroxylation is 1. The second-order valence-corrected chi connectivity index (χ2v) is 7.80. The maximum atomic E-state index is 12.3. The second-order valence-electron chi connectivity index (χ2n) is 5.61. The Morgan fingerprint density at radius 1 is 1.32 bits per heavy atom. The third-order valence-corrected chi connectivity index (χ3v) is 5.29. The SMILES string of the molecule is Cc1ccc(-c2n[nH]c(=S)n2CC(=O)NCCc2ccc(Cl)s2)cc1. The monoisotopic (exact) mass is 392 g/mol. The molecule has 0 spiro atoms. The van der Waals surface area contributed by atoms with Gasteiger partial charge in [-0.2, -0.15) is 5.10 Å². The number of thiophene rings is 1. The number of halogens is 1. The molecule has 2 N–H and O–H groups in total. The van der Waals surface area contributed by atoms with Gasteiger partial charge in [-0.15, -0.1) is 11.3 Å². The average molecular weight is 393 g/mol. The van der Waals surface area contributed by atoms with Gasteiger partial charge >= 0.3 is 0 Å². The van der Waals surface area contributed by atoms with Crippen LogP contribution in [-0.2, 0) is 17.8 Å². The molecular weight excluding hydrogens is 376 g/mol. The van der Waals surface area contributed by atoms with Crippen molar-refractivity contribution < 1.29 is 4.79 Å². The van der Waals surface area contributed by atoms with E-state index in [1.165, 1.54) is 11.3 Å². The average Bonchev–Trinajstić information content (AvgIpc) is 3.15. The summed E-state index contributed by atoms with van der Waals surface area (Å²) in [6.07, 6.45) is 0.755. The Balaban J connectivity index is 1.64. The van der Waals surface area contributed by atoms with Crippen LogP contribution in [0.5, 0.6) is 0 Å². The first-order valence-corrected chi connectivity index (χ1v) is 9.36. The molecule has 0 aliphatic carbocycles. The van der Waals surface area contributed by atoms with E-state index in [0.717, 1.165) is 26.8 Å². The predicted octanol–water partition coefficient (Wildman–Crippen LogP) is 3.99. The molecule has 1 amide bonds. The molecule has 0 saturated heterocycles. The first kappa shape index (κ1) is 17.8. The molecule has 0 unspecified atom stereocenters. The Morgan fingerprint density at radius 2 is 2.08 bits per heavy atom. The number of amides is 1. The number of aromatic amines is 1. The molecule has 0 atom stereocenters. The highest BCUT2D eigenvalue weighted by atomic mass is 35.5. The Labute approximate surface area is 159 Å². The lowest BCUT2D eigenvalue weighted by Crippen LogP contribution is -2.29. The fraction of sp³-hybridized carbons (Fsp3) is 0.235. The van der Waals surface area contributed by atoms with E-state index in [-0.39, 0.29) is 12.5 Å². The minimum Gasteiger partial charge on any atom is -0.354 e. The molecule has 8 heteroatoms. The number of benzene rings is 1. The van der Waals surface area contributed by atoms with Crippen molar-refractivity contribution in [1.82, 2.24) is 20.1 Å². The highest BCUT2D eigenvalue weighted by Crippen LogP contribution is 2.21. The lowest BCUT2D eigenvalue weighted by Gasteiger charge is -2.08. The maximum Gasteiger partial charge on any atom is 0.240 e. The predicted molar refractivity (Wildman–Crippen MR) is 104 cm³/mol. The van der Waals surface area contributed by atoms with E-state index in [1.807, 2.05) is 43.3 Å².